The van der Waals surface area contributed by atoms with E-state index in [-0.39, 0.29) is 24.9 Å². The van der Waals surface area contributed by atoms with Gasteiger partial charge < -0.3 is 36.6 Å². The van der Waals surface area contributed by atoms with Crippen LogP contribution in [0.1, 0.15) is 6.42 Å². The molecule has 1 amide bonds. The number of hydrogen-bond acceptors (Lipinski definition) is 12. The van der Waals surface area contributed by atoms with Gasteiger partial charge in [0.2, 0.25) is 5.79 Å². The third kappa shape index (κ3) is 2.70. The van der Waals surface area contributed by atoms with Gasteiger partial charge in [-0.1, -0.05) is 0 Å². The number of guanidine groups is 2. The number of ether oxygens (including phenoxy) is 1. The predicted octanol–water partition coefficient (Wildman–Crippen LogP) is -4.42. The van der Waals surface area contributed by atoms with Crippen LogP contribution >= 0.6 is 0 Å². The van der Waals surface area contributed by atoms with Gasteiger partial charge in [-0.05, 0) is 0 Å². The summed E-state index contributed by atoms with van der Waals surface area (Å²) in [6.45, 7) is -0.331. The van der Waals surface area contributed by atoms with Crippen LogP contribution in [0.25, 0.3) is 0 Å². The lowest BCUT2D eigenvalue weighted by Gasteiger charge is -2.48. The Morgan fingerprint density at radius 1 is 1.44 bits per heavy atom. The summed E-state index contributed by atoms with van der Waals surface area (Å²) < 4.78 is 35.6. The van der Waals surface area contributed by atoms with Crippen molar-refractivity contribution in [3.05, 3.63) is 0 Å². The fourth-order valence-corrected chi connectivity index (χ4v) is 3.62. The second-order valence-corrected chi connectivity index (χ2v) is 6.95. The van der Waals surface area contributed by atoms with Gasteiger partial charge in [0.15, 0.2) is 17.6 Å². The van der Waals surface area contributed by atoms with Gasteiger partial charge in [-0.25, -0.2) is 14.8 Å². The van der Waals surface area contributed by atoms with Crippen molar-refractivity contribution in [1.82, 2.24) is 14.9 Å². The van der Waals surface area contributed by atoms with Crippen LogP contribution in [-0.4, -0.2) is 82.8 Å². The summed E-state index contributed by atoms with van der Waals surface area (Å²) in [5, 5.41) is 23.5. The van der Waals surface area contributed by atoms with Crippen molar-refractivity contribution in [3.63, 3.8) is 0 Å². The van der Waals surface area contributed by atoms with Crippen LogP contribution in [0.3, 0.4) is 0 Å². The molecular weight excluding hydrogens is 362 g/mol. The van der Waals surface area contributed by atoms with Crippen molar-refractivity contribution in [2.45, 2.75) is 30.0 Å². The minimum atomic E-state index is -4.78. The summed E-state index contributed by atoms with van der Waals surface area (Å²) in [4.78, 5) is 21.0. The maximum Gasteiger partial charge on any atom is 0.422 e. The van der Waals surface area contributed by atoms with E-state index in [0.29, 0.717) is 0 Å². The molecule has 3 heterocycles. The zero-order chi connectivity index (χ0) is 18.6. The van der Waals surface area contributed by atoms with Crippen molar-refractivity contribution >= 4 is 28.3 Å². The lowest BCUT2D eigenvalue weighted by molar-refractivity contribution is -0.221. The van der Waals surface area contributed by atoms with Crippen molar-refractivity contribution < 1.29 is 32.7 Å². The first kappa shape index (κ1) is 17.5. The van der Waals surface area contributed by atoms with Crippen molar-refractivity contribution in [2.24, 2.45) is 21.5 Å². The van der Waals surface area contributed by atoms with E-state index < -0.39 is 46.5 Å². The number of nitrogens with one attached hydrogen (secondary N) is 2. The third-order valence-corrected chi connectivity index (χ3v) is 4.71. The van der Waals surface area contributed by atoms with Gasteiger partial charge in [0.1, 0.15) is 18.7 Å². The highest BCUT2D eigenvalue weighted by molar-refractivity contribution is 7.84. The molecule has 0 bridgehead atoms. The summed E-state index contributed by atoms with van der Waals surface area (Å²) in [7, 11) is -4.78. The maximum absolute atomic E-state index is 11.4. The van der Waals surface area contributed by atoms with Crippen LogP contribution in [0.2, 0.25) is 0 Å². The molecule has 25 heavy (non-hydrogen) atoms. The number of carbonyl (C=O) groups is 1. The van der Waals surface area contributed by atoms with Crippen LogP contribution in [0.4, 0.5) is 4.79 Å². The molecule has 3 atom stereocenters. The zero-order valence-electron chi connectivity index (χ0n) is 12.7. The second-order valence-electron chi connectivity index (χ2n) is 5.80. The highest BCUT2D eigenvalue weighted by Gasteiger charge is 2.69. The average Bonchev–Trinajstić information content (AvgIpc) is 2.93. The number of aliphatic hydroxyl groups is 2. The number of amides is 1. The molecule has 3 rings (SSSR count). The molecule has 0 unspecified atom stereocenters. The zero-order valence-corrected chi connectivity index (χ0v) is 13.5. The van der Waals surface area contributed by atoms with E-state index in [1.165, 1.54) is 9.62 Å². The van der Waals surface area contributed by atoms with Crippen LogP contribution in [0, 0.1) is 0 Å². The normalized spacial score (nSPS) is 32.8. The Balaban J connectivity index is 1.85. The van der Waals surface area contributed by atoms with Gasteiger partial charge >= 0.3 is 16.4 Å². The number of aliphatic imine (C=N–C) groups is 2. The van der Waals surface area contributed by atoms with Gasteiger partial charge in [0.05, 0.1) is 0 Å². The molecule has 0 aromatic heterocycles. The minimum absolute atomic E-state index is 0.0533. The SMILES string of the molecule is NC1=N[C@H]2[C@H](COC(=O)NS(=O)(=O)O)N=C(N)N3CCC(O)(O)[C@@]23N1. The third-order valence-electron chi connectivity index (χ3n) is 4.28. The molecule has 140 valence electrons. The second kappa shape index (κ2) is 5.32. The highest BCUT2D eigenvalue weighted by Crippen LogP contribution is 2.44. The van der Waals surface area contributed by atoms with E-state index in [2.05, 4.69) is 15.3 Å². The molecule has 0 saturated carbocycles. The molecule has 1 spiro atoms. The van der Waals surface area contributed by atoms with Gasteiger partial charge in [-0.15, -0.1) is 0 Å². The molecular formula is C10H17N7O7S. The maximum atomic E-state index is 11.4. The Labute approximate surface area is 141 Å². The van der Waals surface area contributed by atoms with Crippen molar-refractivity contribution in [3.8, 4) is 0 Å². The number of nitrogens with two attached hydrogens (primary N) is 2. The van der Waals surface area contributed by atoms with E-state index in [9.17, 15) is 23.4 Å². The summed E-state index contributed by atoms with van der Waals surface area (Å²) in [6, 6.07) is -1.95. The van der Waals surface area contributed by atoms with Gasteiger partial charge in [0, 0.05) is 13.0 Å². The molecule has 0 aromatic carbocycles. The molecule has 14 nitrogen and oxygen atoms in total. The Morgan fingerprint density at radius 2 is 2.12 bits per heavy atom. The van der Waals surface area contributed by atoms with E-state index in [1.807, 2.05) is 0 Å². The Morgan fingerprint density at radius 3 is 2.76 bits per heavy atom. The summed E-state index contributed by atoms with van der Waals surface area (Å²) >= 11 is 0. The van der Waals surface area contributed by atoms with Gasteiger partial charge in [-0.2, -0.15) is 13.1 Å². The Bertz CT molecular complexity index is 766. The molecule has 3 aliphatic heterocycles. The van der Waals surface area contributed by atoms with E-state index >= 15 is 0 Å². The molecule has 9 N–H and O–H groups in total. The van der Waals surface area contributed by atoms with Gasteiger partial charge in [0.25, 0.3) is 0 Å². The molecule has 3 aliphatic rings. The first-order chi connectivity index (χ1) is 11.5. The molecule has 0 radical (unpaired) electrons. The number of carbonyl (C=O) groups excluding carboxylic acids is 1. The van der Waals surface area contributed by atoms with E-state index in [1.54, 1.807) is 0 Å². The van der Waals surface area contributed by atoms with E-state index in [0.717, 1.165) is 0 Å². The quantitative estimate of drug-likeness (QED) is 0.183. The molecule has 15 heteroatoms. The largest absolute Gasteiger partial charge is 0.446 e. The number of rotatable bonds is 3. The topological polar surface area (TPSA) is 225 Å². The van der Waals surface area contributed by atoms with Gasteiger partial charge in [-0.3, -0.25) is 4.55 Å². The van der Waals surface area contributed by atoms with Crippen molar-refractivity contribution in [1.29, 1.82) is 0 Å². The standard InChI is InChI=1S/C10H17N7O7S/c11-6-14-5-4(3-24-8(18)16-25(21,22)23)13-7(12)17-2-1-9(19,20)10(5,17)15-6/h4-5,19-20H,1-3H2,(H2,12,13)(H,16,18)(H3,11,14,15)(H,21,22,23)/t4-,5-,10+/m0/s1. The van der Waals surface area contributed by atoms with Crippen LogP contribution in [0.5, 0.6) is 0 Å². The molecule has 0 aromatic rings. The van der Waals surface area contributed by atoms with E-state index in [4.69, 9.17) is 20.8 Å². The molecule has 0 aliphatic carbocycles. The predicted molar refractivity (Wildman–Crippen MR) is 81.2 cm³/mol. The van der Waals surface area contributed by atoms with Crippen LogP contribution in [0.15, 0.2) is 9.98 Å². The highest BCUT2D eigenvalue weighted by atomic mass is 32.2. The van der Waals surface area contributed by atoms with Crippen LogP contribution in [-0.2, 0) is 15.0 Å². The summed E-state index contributed by atoms with van der Waals surface area (Å²) in [6.07, 6.45) is -1.51. The lowest BCUT2D eigenvalue weighted by atomic mass is 9.87. The van der Waals surface area contributed by atoms with Crippen LogP contribution < -0.4 is 21.5 Å². The average molecular weight is 379 g/mol. The minimum Gasteiger partial charge on any atom is -0.446 e. The Hall–Kier alpha value is -2.36. The summed E-state index contributed by atoms with van der Waals surface area (Å²) in [5.41, 5.74) is 9.96. The Kier molecular flexibility index (Phi) is 3.71. The fraction of sp³-hybridized carbons (Fsp3) is 0.700. The first-order valence-corrected chi connectivity index (χ1v) is 8.49. The number of hydrogen-bond donors (Lipinski definition) is 7. The number of nitrogens with zero attached hydrogens (tertiary/aromatic N) is 3. The molecule has 1 fully saturated rings. The van der Waals surface area contributed by atoms with Crippen molar-refractivity contribution in [2.75, 3.05) is 13.2 Å². The summed E-state index contributed by atoms with van der Waals surface area (Å²) in [5.74, 6) is -2.39. The smallest absolute Gasteiger partial charge is 0.422 e. The molecule has 1 saturated heterocycles. The lowest BCUT2D eigenvalue weighted by Crippen LogP contribution is -2.76. The monoisotopic (exact) mass is 379 g/mol. The fourth-order valence-electron chi connectivity index (χ4n) is 3.35. The first-order valence-electron chi connectivity index (χ1n) is 7.05.